The Morgan fingerprint density at radius 3 is 2.41 bits per heavy atom. The molecule has 0 spiro atoms. The van der Waals surface area contributed by atoms with Crippen molar-refractivity contribution in [2.75, 3.05) is 36.4 Å². The summed E-state index contributed by atoms with van der Waals surface area (Å²) in [6.45, 7) is 11.4. The first-order chi connectivity index (χ1) is 15.3. The maximum absolute atomic E-state index is 13.2. The van der Waals surface area contributed by atoms with Gasteiger partial charge in [-0.2, -0.15) is 18.3 Å². The van der Waals surface area contributed by atoms with Crippen LogP contribution in [0.25, 0.3) is 10.8 Å². The first kappa shape index (κ1) is 23.8. The molecule has 5 nitrogen and oxygen atoms in total. The zero-order chi connectivity index (χ0) is 23.3. The van der Waals surface area contributed by atoms with E-state index < -0.39 is 11.7 Å². The van der Waals surface area contributed by atoms with E-state index in [-0.39, 0.29) is 12.1 Å². The number of nitrogens with zero attached hydrogens (tertiary/aromatic N) is 3. The van der Waals surface area contributed by atoms with Crippen LogP contribution in [0.1, 0.15) is 36.2 Å². The van der Waals surface area contributed by atoms with Crippen LogP contribution in [-0.2, 0) is 12.7 Å². The summed E-state index contributed by atoms with van der Waals surface area (Å²) in [5.74, 6) is 0.574. The lowest BCUT2D eigenvalue weighted by atomic mass is 10.0. The summed E-state index contributed by atoms with van der Waals surface area (Å²) >= 11 is 0. The topological polar surface area (TPSA) is 53.1 Å². The smallest absolute Gasteiger partial charge is 0.369 e. The lowest BCUT2D eigenvalue weighted by Crippen LogP contribution is -2.43. The average Bonchev–Trinajstić information content (AvgIpc) is 2.80. The van der Waals surface area contributed by atoms with Crippen LogP contribution in [0.4, 0.5) is 24.7 Å². The zero-order valence-corrected chi connectivity index (χ0v) is 19.0. The van der Waals surface area contributed by atoms with Crippen LogP contribution in [-0.4, -0.2) is 36.4 Å². The molecular formula is C24H30F3N5. The van der Waals surface area contributed by atoms with Gasteiger partial charge in [0.2, 0.25) is 0 Å². The number of nitrogens with one attached hydrogen (secondary N) is 2. The molecule has 0 unspecified atom stereocenters. The molecule has 0 radical (unpaired) electrons. The van der Waals surface area contributed by atoms with Gasteiger partial charge in [0.05, 0.1) is 11.3 Å². The van der Waals surface area contributed by atoms with Crippen molar-refractivity contribution in [3.05, 3.63) is 58.8 Å². The van der Waals surface area contributed by atoms with Crippen molar-refractivity contribution in [2.45, 2.75) is 40.4 Å². The molecule has 2 heterocycles. The lowest BCUT2D eigenvalue weighted by Gasteiger charge is -2.29. The van der Waals surface area contributed by atoms with Crippen molar-refractivity contribution in [1.82, 2.24) is 15.5 Å². The molecule has 3 aromatic rings. The molecular weight excluding hydrogens is 415 g/mol. The second-order valence-corrected chi connectivity index (χ2v) is 7.54. The molecule has 1 aliphatic heterocycles. The Labute approximate surface area is 187 Å². The highest BCUT2D eigenvalue weighted by Crippen LogP contribution is 2.33. The van der Waals surface area contributed by atoms with Crippen LogP contribution in [0.3, 0.4) is 0 Å². The molecule has 1 aromatic heterocycles. The van der Waals surface area contributed by atoms with Crippen molar-refractivity contribution in [3.8, 4) is 0 Å². The van der Waals surface area contributed by atoms with Crippen molar-refractivity contribution < 1.29 is 13.2 Å². The van der Waals surface area contributed by atoms with E-state index in [4.69, 9.17) is 0 Å². The quantitative estimate of drug-likeness (QED) is 0.570. The summed E-state index contributed by atoms with van der Waals surface area (Å²) < 4.78 is 39.6. The molecule has 0 aliphatic carbocycles. The number of rotatable bonds is 4. The van der Waals surface area contributed by atoms with Crippen molar-refractivity contribution in [2.24, 2.45) is 0 Å². The fourth-order valence-electron chi connectivity index (χ4n) is 3.89. The number of aromatic nitrogens is 2. The van der Waals surface area contributed by atoms with Gasteiger partial charge in [0.1, 0.15) is 0 Å². The Balaban J connectivity index is 0.00000141. The molecule has 172 valence electrons. The van der Waals surface area contributed by atoms with Gasteiger partial charge in [-0.25, -0.2) is 0 Å². The van der Waals surface area contributed by atoms with Gasteiger partial charge in [0.25, 0.3) is 0 Å². The van der Waals surface area contributed by atoms with E-state index in [1.165, 1.54) is 13.0 Å². The number of anilines is 2. The summed E-state index contributed by atoms with van der Waals surface area (Å²) in [5, 5.41) is 17.0. The van der Waals surface area contributed by atoms with Crippen LogP contribution in [0.2, 0.25) is 0 Å². The molecule has 0 saturated carbocycles. The maximum atomic E-state index is 13.2. The summed E-state index contributed by atoms with van der Waals surface area (Å²) in [6, 6.07) is 10.5. The number of aryl methyl sites for hydroxylation is 1. The second-order valence-electron chi connectivity index (χ2n) is 7.54. The van der Waals surface area contributed by atoms with Crippen LogP contribution in [0, 0.1) is 13.8 Å². The summed E-state index contributed by atoms with van der Waals surface area (Å²) in [7, 11) is 0. The normalized spacial score (nSPS) is 14.2. The van der Waals surface area contributed by atoms with E-state index in [9.17, 15) is 13.2 Å². The van der Waals surface area contributed by atoms with E-state index in [2.05, 4.69) is 37.9 Å². The Morgan fingerprint density at radius 1 is 1.00 bits per heavy atom. The van der Waals surface area contributed by atoms with Gasteiger partial charge in [-0.15, -0.1) is 5.10 Å². The third-order valence-corrected chi connectivity index (χ3v) is 5.63. The van der Waals surface area contributed by atoms with Gasteiger partial charge in [0, 0.05) is 49.2 Å². The van der Waals surface area contributed by atoms with Crippen molar-refractivity contribution in [1.29, 1.82) is 0 Å². The van der Waals surface area contributed by atoms with Gasteiger partial charge in [-0.3, -0.25) is 0 Å². The number of piperazine rings is 1. The minimum atomic E-state index is -4.37. The molecule has 32 heavy (non-hydrogen) atoms. The molecule has 2 N–H and O–H groups in total. The van der Waals surface area contributed by atoms with Crippen molar-refractivity contribution >= 4 is 22.3 Å². The fourth-order valence-corrected chi connectivity index (χ4v) is 3.89. The first-order valence-electron chi connectivity index (χ1n) is 11.0. The highest BCUT2D eigenvalue weighted by Gasteiger charge is 2.32. The molecule has 0 bridgehead atoms. The average molecular weight is 446 g/mol. The third-order valence-electron chi connectivity index (χ3n) is 5.63. The van der Waals surface area contributed by atoms with E-state index in [1.807, 2.05) is 26.8 Å². The van der Waals surface area contributed by atoms with Gasteiger partial charge in [-0.05, 0) is 43.2 Å². The van der Waals surface area contributed by atoms with Crippen LogP contribution in [0.5, 0.6) is 0 Å². The largest absolute Gasteiger partial charge is 0.416 e. The number of hydrogen-bond donors (Lipinski definition) is 2. The predicted molar refractivity (Wildman–Crippen MR) is 124 cm³/mol. The molecule has 4 rings (SSSR count). The Bertz CT molecular complexity index is 1060. The van der Waals surface area contributed by atoms with Crippen LogP contribution >= 0.6 is 0 Å². The molecule has 1 saturated heterocycles. The third kappa shape index (κ3) is 5.12. The van der Waals surface area contributed by atoms with Crippen LogP contribution < -0.4 is 15.5 Å². The Hall–Kier alpha value is -2.87. The molecule has 8 heteroatoms. The zero-order valence-electron chi connectivity index (χ0n) is 19.0. The highest BCUT2D eigenvalue weighted by atomic mass is 19.4. The minimum absolute atomic E-state index is 0.225. The Kier molecular flexibility index (Phi) is 7.56. The fraction of sp³-hybridized carbons (Fsp3) is 0.417. The maximum Gasteiger partial charge on any atom is 0.416 e. The van der Waals surface area contributed by atoms with Gasteiger partial charge in [0.15, 0.2) is 5.82 Å². The van der Waals surface area contributed by atoms with Crippen molar-refractivity contribution in [3.63, 3.8) is 0 Å². The number of alkyl halides is 3. The number of halogens is 3. The molecule has 1 fully saturated rings. The Morgan fingerprint density at radius 2 is 1.72 bits per heavy atom. The van der Waals surface area contributed by atoms with Crippen LogP contribution in [0.15, 0.2) is 36.4 Å². The minimum Gasteiger partial charge on any atom is -0.369 e. The summed E-state index contributed by atoms with van der Waals surface area (Å²) in [5.41, 5.74) is 2.12. The van der Waals surface area contributed by atoms with E-state index in [0.29, 0.717) is 11.4 Å². The van der Waals surface area contributed by atoms with E-state index >= 15 is 0 Å². The number of benzene rings is 2. The first-order valence-corrected chi connectivity index (χ1v) is 11.0. The summed E-state index contributed by atoms with van der Waals surface area (Å²) in [6.07, 6.45) is -4.37. The molecule has 0 amide bonds. The van der Waals surface area contributed by atoms with Gasteiger partial charge < -0.3 is 15.5 Å². The van der Waals surface area contributed by atoms with E-state index in [1.54, 1.807) is 6.07 Å². The standard InChI is InChI=1S/C22H24F3N5.C2H6/c1-14-16(4-3-5-20(14)22(23,24)25)13-27-21-19-12-17(30-10-8-26-9-11-30)6-7-18(19)15(2)28-29-21;1-2/h3-7,12,26H,8-11,13H2,1-2H3,(H,27,29);1-2H3. The second kappa shape index (κ2) is 10.2. The summed E-state index contributed by atoms with van der Waals surface area (Å²) in [4.78, 5) is 2.31. The number of hydrogen-bond acceptors (Lipinski definition) is 5. The lowest BCUT2D eigenvalue weighted by molar-refractivity contribution is -0.138. The molecule has 2 aromatic carbocycles. The number of fused-ring (bicyclic) bond motifs is 1. The molecule has 1 aliphatic rings. The van der Waals surface area contributed by atoms with Gasteiger partial charge >= 0.3 is 6.18 Å². The highest BCUT2D eigenvalue weighted by molar-refractivity contribution is 5.95. The predicted octanol–water partition coefficient (Wildman–Crippen LogP) is 5.31. The van der Waals surface area contributed by atoms with E-state index in [0.717, 1.165) is 54.4 Å². The monoisotopic (exact) mass is 445 g/mol. The SMILES string of the molecule is CC.Cc1c(CNc2nnc(C)c3ccc(N4CCNCC4)cc23)cccc1C(F)(F)F. The van der Waals surface area contributed by atoms with Gasteiger partial charge in [-0.1, -0.05) is 32.0 Å². The molecule has 0 atom stereocenters.